The molecule has 2 aromatic carbocycles. The van der Waals surface area contributed by atoms with E-state index in [1.54, 1.807) is 17.2 Å². The first-order valence-corrected chi connectivity index (χ1v) is 8.48. The van der Waals surface area contributed by atoms with Crippen LogP contribution in [0.5, 0.6) is 0 Å². The predicted octanol–water partition coefficient (Wildman–Crippen LogP) is 2.68. The zero-order valence-electron chi connectivity index (χ0n) is 14.1. The molecule has 126 valence electrons. The van der Waals surface area contributed by atoms with Gasteiger partial charge in [0.1, 0.15) is 6.54 Å². The Hall–Kier alpha value is -2.95. The van der Waals surface area contributed by atoms with E-state index < -0.39 is 0 Å². The molecule has 0 spiro atoms. The number of aromatic nitrogens is 2. The van der Waals surface area contributed by atoms with Gasteiger partial charge in [-0.1, -0.05) is 35.9 Å². The van der Waals surface area contributed by atoms with E-state index >= 15 is 0 Å². The molecule has 1 amide bonds. The van der Waals surface area contributed by atoms with Crippen LogP contribution in [-0.4, -0.2) is 22.2 Å². The molecule has 4 rings (SSSR count). The number of aryl methyl sites for hydroxylation is 2. The standard InChI is InChI=1S/C20H19N3O2/c1-14-8-9-18-15(11-14)6-4-10-22(18)19(24)13-23-20(25)17-7-3-2-5-16(17)12-21-23/h2-3,5,7-9,11-12H,4,6,10,13H2,1H3. The summed E-state index contributed by atoms with van der Waals surface area (Å²) in [6, 6.07) is 13.4. The summed E-state index contributed by atoms with van der Waals surface area (Å²) >= 11 is 0. The van der Waals surface area contributed by atoms with Crippen molar-refractivity contribution in [3.05, 3.63) is 70.1 Å². The van der Waals surface area contributed by atoms with Crippen molar-refractivity contribution < 1.29 is 4.79 Å². The molecule has 1 aliphatic heterocycles. The molecule has 1 aromatic heterocycles. The molecular formula is C20H19N3O2. The molecule has 2 heterocycles. The molecule has 0 saturated carbocycles. The van der Waals surface area contributed by atoms with Gasteiger partial charge in [-0.2, -0.15) is 5.10 Å². The Morgan fingerprint density at radius 1 is 1.20 bits per heavy atom. The summed E-state index contributed by atoms with van der Waals surface area (Å²) in [6.07, 6.45) is 3.55. The Balaban J connectivity index is 1.66. The van der Waals surface area contributed by atoms with Gasteiger partial charge < -0.3 is 4.90 Å². The van der Waals surface area contributed by atoms with Gasteiger partial charge in [0.15, 0.2) is 0 Å². The molecule has 5 nitrogen and oxygen atoms in total. The van der Waals surface area contributed by atoms with Crippen molar-refractivity contribution in [2.24, 2.45) is 0 Å². The highest BCUT2D eigenvalue weighted by Gasteiger charge is 2.23. The first kappa shape index (κ1) is 15.6. The third-order valence-corrected chi connectivity index (χ3v) is 4.70. The summed E-state index contributed by atoms with van der Waals surface area (Å²) < 4.78 is 1.26. The van der Waals surface area contributed by atoms with Crippen molar-refractivity contribution in [1.82, 2.24) is 9.78 Å². The maximum Gasteiger partial charge on any atom is 0.275 e. The van der Waals surface area contributed by atoms with Crippen molar-refractivity contribution in [1.29, 1.82) is 0 Å². The van der Waals surface area contributed by atoms with E-state index in [9.17, 15) is 9.59 Å². The van der Waals surface area contributed by atoms with E-state index in [-0.39, 0.29) is 18.0 Å². The van der Waals surface area contributed by atoms with E-state index in [0.717, 1.165) is 23.9 Å². The SMILES string of the molecule is Cc1ccc2c(c1)CCCN2C(=O)Cn1ncc2ccccc2c1=O. The predicted molar refractivity (Wildman–Crippen MR) is 97.9 cm³/mol. The molecule has 0 bridgehead atoms. The van der Waals surface area contributed by atoms with Crippen LogP contribution in [-0.2, 0) is 17.8 Å². The van der Waals surface area contributed by atoms with Crippen molar-refractivity contribution in [3.63, 3.8) is 0 Å². The number of hydrogen-bond acceptors (Lipinski definition) is 3. The highest BCUT2D eigenvalue weighted by atomic mass is 16.2. The van der Waals surface area contributed by atoms with Crippen molar-refractivity contribution in [2.75, 3.05) is 11.4 Å². The third kappa shape index (κ3) is 2.82. The Kier molecular flexibility index (Phi) is 3.84. The summed E-state index contributed by atoms with van der Waals surface area (Å²) in [5, 5.41) is 5.54. The number of fused-ring (bicyclic) bond motifs is 2. The summed E-state index contributed by atoms with van der Waals surface area (Å²) in [5.74, 6) is -0.102. The van der Waals surface area contributed by atoms with Crippen LogP contribution in [0.3, 0.4) is 0 Å². The second kappa shape index (κ2) is 6.16. The van der Waals surface area contributed by atoms with Crippen molar-refractivity contribution in [3.8, 4) is 0 Å². The van der Waals surface area contributed by atoms with Gasteiger partial charge in [0.2, 0.25) is 5.91 Å². The second-order valence-corrected chi connectivity index (χ2v) is 6.48. The highest BCUT2D eigenvalue weighted by Crippen LogP contribution is 2.28. The summed E-state index contributed by atoms with van der Waals surface area (Å²) in [6.45, 7) is 2.69. The third-order valence-electron chi connectivity index (χ3n) is 4.70. The normalized spacial score (nSPS) is 13.7. The molecule has 0 unspecified atom stereocenters. The van der Waals surface area contributed by atoms with Crippen molar-refractivity contribution >= 4 is 22.4 Å². The van der Waals surface area contributed by atoms with E-state index in [1.165, 1.54) is 15.8 Å². The molecule has 0 aliphatic carbocycles. The summed E-state index contributed by atoms with van der Waals surface area (Å²) in [5.41, 5.74) is 3.11. The summed E-state index contributed by atoms with van der Waals surface area (Å²) in [7, 11) is 0. The fraction of sp³-hybridized carbons (Fsp3) is 0.250. The maximum absolute atomic E-state index is 12.8. The summed E-state index contributed by atoms with van der Waals surface area (Å²) in [4.78, 5) is 27.2. The molecule has 0 fully saturated rings. The van der Waals surface area contributed by atoms with Crippen LogP contribution in [0.4, 0.5) is 5.69 Å². The Morgan fingerprint density at radius 3 is 2.92 bits per heavy atom. The smallest absolute Gasteiger partial charge is 0.275 e. The number of anilines is 1. The zero-order valence-corrected chi connectivity index (χ0v) is 14.1. The van der Waals surface area contributed by atoms with E-state index in [0.29, 0.717) is 11.9 Å². The van der Waals surface area contributed by atoms with Gasteiger partial charge in [0, 0.05) is 17.6 Å². The number of rotatable bonds is 2. The zero-order chi connectivity index (χ0) is 17.4. The lowest BCUT2D eigenvalue weighted by Crippen LogP contribution is -2.40. The van der Waals surface area contributed by atoms with Crippen LogP contribution in [0.15, 0.2) is 53.5 Å². The topological polar surface area (TPSA) is 55.2 Å². The average molecular weight is 333 g/mol. The Labute approximate surface area is 145 Å². The first-order chi connectivity index (χ1) is 12.1. The minimum absolute atomic E-state index is 0.0447. The van der Waals surface area contributed by atoms with Gasteiger partial charge in [-0.3, -0.25) is 9.59 Å². The Morgan fingerprint density at radius 2 is 2.04 bits per heavy atom. The van der Waals surface area contributed by atoms with Gasteiger partial charge in [0.25, 0.3) is 5.56 Å². The van der Waals surface area contributed by atoms with Gasteiger partial charge in [-0.25, -0.2) is 4.68 Å². The number of nitrogens with zero attached hydrogens (tertiary/aromatic N) is 3. The number of carbonyl (C=O) groups excluding carboxylic acids is 1. The first-order valence-electron chi connectivity index (χ1n) is 8.48. The molecule has 25 heavy (non-hydrogen) atoms. The minimum atomic E-state index is -0.229. The van der Waals surface area contributed by atoms with E-state index in [1.807, 2.05) is 30.3 Å². The van der Waals surface area contributed by atoms with Gasteiger partial charge in [-0.15, -0.1) is 0 Å². The monoisotopic (exact) mass is 333 g/mol. The quantitative estimate of drug-likeness (QED) is 0.724. The lowest BCUT2D eigenvalue weighted by molar-refractivity contribution is -0.119. The van der Waals surface area contributed by atoms with Crippen LogP contribution < -0.4 is 10.5 Å². The molecule has 0 atom stereocenters. The molecule has 3 aromatic rings. The number of amides is 1. The van der Waals surface area contributed by atoms with Gasteiger partial charge in [0.05, 0.1) is 11.6 Å². The van der Waals surface area contributed by atoms with Crippen LogP contribution in [0.1, 0.15) is 17.5 Å². The van der Waals surface area contributed by atoms with Gasteiger partial charge in [-0.05, 0) is 37.5 Å². The maximum atomic E-state index is 12.8. The van der Waals surface area contributed by atoms with Crippen LogP contribution >= 0.6 is 0 Å². The van der Waals surface area contributed by atoms with E-state index in [2.05, 4.69) is 18.1 Å². The van der Waals surface area contributed by atoms with Crippen LogP contribution in [0.25, 0.3) is 10.8 Å². The molecule has 5 heteroatoms. The second-order valence-electron chi connectivity index (χ2n) is 6.48. The molecule has 1 aliphatic rings. The lowest BCUT2D eigenvalue weighted by Gasteiger charge is -2.29. The molecule has 0 saturated heterocycles. The molecule has 0 N–H and O–H groups in total. The van der Waals surface area contributed by atoms with Crippen molar-refractivity contribution in [2.45, 2.75) is 26.3 Å². The highest BCUT2D eigenvalue weighted by molar-refractivity contribution is 5.94. The Bertz CT molecular complexity index is 1020. The van der Waals surface area contributed by atoms with Crippen LogP contribution in [0.2, 0.25) is 0 Å². The number of benzene rings is 2. The van der Waals surface area contributed by atoms with Gasteiger partial charge >= 0.3 is 0 Å². The molecule has 0 radical (unpaired) electrons. The fourth-order valence-corrected chi connectivity index (χ4v) is 3.44. The fourth-order valence-electron chi connectivity index (χ4n) is 3.44. The minimum Gasteiger partial charge on any atom is -0.311 e. The molecular weight excluding hydrogens is 314 g/mol. The number of hydrogen-bond donors (Lipinski definition) is 0. The lowest BCUT2D eigenvalue weighted by atomic mass is 9.99. The van der Waals surface area contributed by atoms with Crippen LogP contribution in [0, 0.1) is 6.92 Å². The number of carbonyl (C=O) groups is 1. The van der Waals surface area contributed by atoms with E-state index in [4.69, 9.17) is 0 Å². The average Bonchev–Trinajstić information content (AvgIpc) is 2.63. The largest absolute Gasteiger partial charge is 0.311 e.